The molecule has 0 N–H and O–H groups in total. The number of hydrogen-bond donors (Lipinski definition) is 0. The van der Waals surface area contributed by atoms with Crippen LogP contribution in [0, 0.1) is 10.1 Å². The van der Waals surface area contributed by atoms with Crippen molar-refractivity contribution in [3.63, 3.8) is 0 Å². The maximum absolute atomic E-state index is 12.1. The van der Waals surface area contributed by atoms with Crippen LogP contribution in [-0.4, -0.2) is 24.4 Å². The Morgan fingerprint density at radius 1 is 1.26 bits per heavy atom. The van der Waals surface area contributed by atoms with Crippen LogP contribution >= 0.6 is 27.5 Å². The van der Waals surface area contributed by atoms with E-state index in [9.17, 15) is 14.9 Å². The van der Waals surface area contributed by atoms with E-state index in [0.29, 0.717) is 15.8 Å². The SMILES string of the molecule is COc1ccc(C(=O)COc2ccc(Cl)cc2[N+](=O)[O-])cc1Br. The van der Waals surface area contributed by atoms with Crippen LogP contribution in [0.1, 0.15) is 10.4 Å². The molecule has 0 radical (unpaired) electrons. The predicted molar refractivity (Wildman–Crippen MR) is 88.6 cm³/mol. The molecule has 0 saturated carbocycles. The van der Waals surface area contributed by atoms with Crippen molar-refractivity contribution in [2.75, 3.05) is 13.7 Å². The lowest BCUT2D eigenvalue weighted by Gasteiger charge is -2.08. The summed E-state index contributed by atoms with van der Waals surface area (Å²) < 4.78 is 11.0. The minimum Gasteiger partial charge on any atom is -0.496 e. The quantitative estimate of drug-likeness (QED) is 0.411. The van der Waals surface area contributed by atoms with Crippen LogP contribution in [0.3, 0.4) is 0 Å². The lowest BCUT2D eigenvalue weighted by molar-refractivity contribution is -0.385. The molecule has 0 atom stereocenters. The Labute approximate surface area is 145 Å². The summed E-state index contributed by atoms with van der Waals surface area (Å²) >= 11 is 9.01. The van der Waals surface area contributed by atoms with Gasteiger partial charge in [-0.1, -0.05) is 11.6 Å². The normalized spacial score (nSPS) is 10.2. The maximum atomic E-state index is 12.1. The highest BCUT2D eigenvalue weighted by Crippen LogP contribution is 2.30. The first-order valence-corrected chi connectivity index (χ1v) is 7.53. The second-order valence-electron chi connectivity index (χ2n) is 4.43. The van der Waals surface area contributed by atoms with Gasteiger partial charge in [0.15, 0.2) is 18.1 Å². The molecule has 0 amide bonds. The molecule has 2 aromatic carbocycles. The summed E-state index contributed by atoms with van der Waals surface area (Å²) in [6.45, 7) is -0.332. The van der Waals surface area contributed by atoms with Gasteiger partial charge in [-0.15, -0.1) is 0 Å². The van der Waals surface area contributed by atoms with E-state index in [1.807, 2.05) is 0 Å². The summed E-state index contributed by atoms with van der Waals surface area (Å²) in [5.41, 5.74) is 0.107. The molecule has 0 aliphatic carbocycles. The number of ether oxygens (including phenoxy) is 2. The van der Waals surface area contributed by atoms with Crippen LogP contribution < -0.4 is 9.47 Å². The Balaban J connectivity index is 2.13. The first kappa shape index (κ1) is 17.2. The molecular weight excluding hydrogens is 390 g/mol. The van der Waals surface area contributed by atoms with E-state index < -0.39 is 4.92 Å². The molecule has 0 heterocycles. The third kappa shape index (κ3) is 4.20. The topological polar surface area (TPSA) is 78.7 Å². The molecule has 2 rings (SSSR count). The molecule has 6 nitrogen and oxygen atoms in total. The van der Waals surface area contributed by atoms with Gasteiger partial charge in [0.1, 0.15) is 5.75 Å². The van der Waals surface area contributed by atoms with E-state index in [2.05, 4.69) is 15.9 Å². The number of methoxy groups -OCH3 is 1. The van der Waals surface area contributed by atoms with Gasteiger partial charge in [-0.2, -0.15) is 0 Å². The monoisotopic (exact) mass is 399 g/mol. The number of Topliss-reactive ketones (excluding diaryl/α,β-unsaturated/α-hetero) is 1. The zero-order valence-electron chi connectivity index (χ0n) is 11.9. The molecule has 23 heavy (non-hydrogen) atoms. The molecule has 0 fully saturated rings. The Hall–Kier alpha value is -2.12. The van der Waals surface area contributed by atoms with Gasteiger partial charge in [0, 0.05) is 16.7 Å². The van der Waals surface area contributed by atoms with Gasteiger partial charge < -0.3 is 9.47 Å². The molecule has 0 bridgehead atoms. The van der Waals surface area contributed by atoms with E-state index in [4.69, 9.17) is 21.1 Å². The molecule has 120 valence electrons. The number of hydrogen-bond acceptors (Lipinski definition) is 5. The Morgan fingerprint density at radius 3 is 2.57 bits per heavy atom. The first-order valence-electron chi connectivity index (χ1n) is 6.36. The molecular formula is C15H11BrClNO5. The van der Waals surface area contributed by atoms with Crippen molar-refractivity contribution in [3.05, 3.63) is 61.6 Å². The Morgan fingerprint density at radius 2 is 1.96 bits per heavy atom. The average Bonchev–Trinajstić information content (AvgIpc) is 2.53. The average molecular weight is 401 g/mol. The number of nitro benzene ring substituents is 1. The van der Waals surface area contributed by atoms with Crippen molar-refractivity contribution in [1.82, 2.24) is 0 Å². The smallest absolute Gasteiger partial charge is 0.312 e. The zero-order chi connectivity index (χ0) is 17.0. The van der Waals surface area contributed by atoms with Crippen molar-refractivity contribution >= 4 is 39.0 Å². The van der Waals surface area contributed by atoms with E-state index in [0.717, 1.165) is 0 Å². The molecule has 0 spiro atoms. The summed E-state index contributed by atoms with van der Waals surface area (Å²) in [5, 5.41) is 11.2. The lowest BCUT2D eigenvalue weighted by Crippen LogP contribution is -2.12. The molecule has 0 unspecified atom stereocenters. The van der Waals surface area contributed by atoms with Crippen LogP contribution in [0.5, 0.6) is 11.5 Å². The van der Waals surface area contributed by atoms with Gasteiger partial charge in [-0.3, -0.25) is 14.9 Å². The highest BCUT2D eigenvalue weighted by Gasteiger charge is 2.17. The van der Waals surface area contributed by atoms with Gasteiger partial charge in [-0.25, -0.2) is 0 Å². The number of halogens is 2. The van der Waals surface area contributed by atoms with E-state index >= 15 is 0 Å². The standard InChI is InChI=1S/C15H11BrClNO5/c1-22-14-4-2-9(6-11(14)16)13(19)8-23-15-5-3-10(17)7-12(15)18(20)21/h2-7H,8H2,1H3. The summed E-state index contributed by atoms with van der Waals surface area (Å²) in [7, 11) is 1.52. The third-order valence-electron chi connectivity index (χ3n) is 2.95. The molecule has 2 aromatic rings. The first-order chi connectivity index (χ1) is 10.9. The number of nitro groups is 1. The molecule has 0 saturated heterocycles. The third-order valence-corrected chi connectivity index (χ3v) is 3.81. The number of ketones is 1. The molecule has 0 aliphatic heterocycles. The number of rotatable bonds is 6. The summed E-state index contributed by atoms with van der Waals surface area (Å²) in [6.07, 6.45) is 0. The van der Waals surface area contributed by atoms with E-state index in [1.165, 1.54) is 25.3 Å². The number of benzene rings is 2. The van der Waals surface area contributed by atoms with Gasteiger partial charge in [-0.05, 0) is 46.3 Å². The Kier molecular flexibility index (Phi) is 5.57. The van der Waals surface area contributed by atoms with E-state index in [-0.39, 0.29) is 28.8 Å². The van der Waals surface area contributed by atoms with Crippen LogP contribution in [0.25, 0.3) is 0 Å². The lowest BCUT2D eigenvalue weighted by atomic mass is 10.1. The fourth-order valence-electron chi connectivity index (χ4n) is 1.82. The van der Waals surface area contributed by atoms with Crippen LogP contribution in [0.2, 0.25) is 5.02 Å². The molecule has 0 aromatic heterocycles. The van der Waals surface area contributed by atoms with Gasteiger partial charge in [0.2, 0.25) is 0 Å². The summed E-state index contributed by atoms with van der Waals surface area (Å²) in [6, 6.07) is 8.82. The Bertz CT molecular complexity index is 766. The summed E-state index contributed by atoms with van der Waals surface area (Å²) in [5.74, 6) is 0.258. The number of carbonyl (C=O) groups excluding carboxylic acids is 1. The predicted octanol–water partition coefficient (Wildman–Crippen LogP) is 4.28. The number of nitrogens with zero attached hydrogens (tertiary/aromatic N) is 1. The fraction of sp³-hybridized carbons (Fsp3) is 0.133. The van der Waals surface area contributed by atoms with Gasteiger partial charge >= 0.3 is 5.69 Å². The van der Waals surface area contributed by atoms with Gasteiger partial charge in [0.25, 0.3) is 0 Å². The van der Waals surface area contributed by atoms with E-state index in [1.54, 1.807) is 18.2 Å². The second kappa shape index (κ2) is 7.43. The zero-order valence-corrected chi connectivity index (χ0v) is 14.3. The molecule has 8 heteroatoms. The van der Waals surface area contributed by atoms with Crippen LogP contribution in [0.15, 0.2) is 40.9 Å². The number of carbonyl (C=O) groups is 1. The minimum absolute atomic E-state index is 0.0136. The van der Waals surface area contributed by atoms with Crippen molar-refractivity contribution in [3.8, 4) is 11.5 Å². The second-order valence-corrected chi connectivity index (χ2v) is 5.72. The highest BCUT2D eigenvalue weighted by molar-refractivity contribution is 9.10. The van der Waals surface area contributed by atoms with Crippen LogP contribution in [0.4, 0.5) is 5.69 Å². The highest BCUT2D eigenvalue weighted by atomic mass is 79.9. The largest absolute Gasteiger partial charge is 0.496 e. The van der Waals surface area contributed by atoms with Gasteiger partial charge in [0.05, 0.1) is 16.5 Å². The van der Waals surface area contributed by atoms with Crippen molar-refractivity contribution in [2.45, 2.75) is 0 Å². The van der Waals surface area contributed by atoms with Crippen molar-refractivity contribution < 1.29 is 19.2 Å². The van der Waals surface area contributed by atoms with Crippen molar-refractivity contribution in [2.24, 2.45) is 0 Å². The minimum atomic E-state index is -0.615. The fourth-order valence-corrected chi connectivity index (χ4v) is 2.53. The summed E-state index contributed by atoms with van der Waals surface area (Å²) in [4.78, 5) is 22.5. The maximum Gasteiger partial charge on any atom is 0.312 e. The van der Waals surface area contributed by atoms with Crippen molar-refractivity contribution in [1.29, 1.82) is 0 Å². The van der Waals surface area contributed by atoms with Crippen LogP contribution in [-0.2, 0) is 0 Å². The molecule has 0 aliphatic rings.